The van der Waals surface area contributed by atoms with Crippen LogP contribution in [-0.4, -0.2) is 24.8 Å². The summed E-state index contributed by atoms with van der Waals surface area (Å²) in [7, 11) is 1.78. The van der Waals surface area contributed by atoms with E-state index in [-0.39, 0.29) is 0 Å². The van der Waals surface area contributed by atoms with Crippen molar-refractivity contribution in [3.8, 4) is 0 Å². The van der Waals surface area contributed by atoms with Crippen LogP contribution in [0.5, 0.6) is 0 Å². The molecule has 2 heteroatoms. The molecule has 1 aliphatic rings. The summed E-state index contributed by atoms with van der Waals surface area (Å²) >= 11 is 0. The lowest BCUT2D eigenvalue weighted by Crippen LogP contribution is -2.47. The molecule has 70 valence electrons. The van der Waals surface area contributed by atoms with Crippen LogP contribution in [0.15, 0.2) is 30.3 Å². The Bertz CT molecular complexity index is 258. The van der Waals surface area contributed by atoms with Gasteiger partial charge in [-0.25, -0.2) is 0 Å². The molecule has 1 heterocycles. The summed E-state index contributed by atoms with van der Waals surface area (Å²) in [6.07, 6.45) is 1.52. The molecule has 1 saturated heterocycles. The van der Waals surface area contributed by atoms with Crippen LogP contribution in [0.25, 0.3) is 0 Å². The summed E-state index contributed by atoms with van der Waals surface area (Å²) in [6.45, 7) is 2.17. The second-order valence-electron chi connectivity index (χ2n) is 3.44. The molecule has 1 aliphatic heterocycles. The number of methoxy groups -OCH3 is 1. The molecule has 0 radical (unpaired) electrons. The van der Waals surface area contributed by atoms with Crippen LogP contribution in [0, 0.1) is 0 Å². The van der Waals surface area contributed by atoms with Crippen molar-refractivity contribution in [2.45, 2.75) is 19.2 Å². The monoisotopic (exact) mass is 177 g/mol. The first-order valence-corrected chi connectivity index (χ1v) is 4.71. The Morgan fingerprint density at radius 1 is 1.38 bits per heavy atom. The lowest BCUT2D eigenvalue weighted by Gasteiger charge is -2.39. The molecule has 1 aromatic rings. The van der Waals surface area contributed by atoms with Gasteiger partial charge in [-0.3, -0.25) is 4.90 Å². The van der Waals surface area contributed by atoms with Gasteiger partial charge < -0.3 is 4.74 Å². The van der Waals surface area contributed by atoms with Crippen molar-refractivity contribution >= 4 is 0 Å². The summed E-state index contributed by atoms with van der Waals surface area (Å²) in [5, 5.41) is 0. The van der Waals surface area contributed by atoms with Crippen LogP contribution < -0.4 is 0 Å². The highest BCUT2D eigenvalue weighted by Crippen LogP contribution is 2.20. The van der Waals surface area contributed by atoms with Gasteiger partial charge in [0.2, 0.25) is 0 Å². The van der Waals surface area contributed by atoms with Crippen LogP contribution in [0.4, 0.5) is 0 Å². The standard InChI is InChI=1S/C11H15NO/c1-13-11-7-8-12(11)9-10-5-3-2-4-6-10/h2-6,11H,7-9H2,1H3. The van der Waals surface area contributed by atoms with Crippen molar-refractivity contribution in [1.29, 1.82) is 0 Å². The van der Waals surface area contributed by atoms with E-state index in [0.29, 0.717) is 6.23 Å². The average molecular weight is 177 g/mol. The van der Waals surface area contributed by atoms with Crippen molar-refractivity contribution in [3.05, 3.63) is 35.9 Å². The van der Waals surface area contributed by atoms with Gasteiger partial charge >= 0.3 is 0 Å². The van der Waals surface area contributed by atoms with E-state index in [0.717, 1.165) is 13.1 Å². The van der Waals surface area contributed by atoms with E-state index in [1.807, 2.05) is 6.07 Å². The first-order chi connectivity index (χ1) is 6.40. The number of benzene rings is 1. The minimum atomic E-state index is 0.347. The fraction of sp³-hybridized carbons (Fsp3) is 0.455. The molecular weight excluding hydrogens is 162 g/mol. The zero-order valence-electron chi connectivity index (χ0n) is 7.94. The molecule has 1 fully saturated rings. The van der Waals surface area contributed by atoms with Crippen molar-refractivity contribution in [1.82, 2.24) is 4.90 Å². The smallest absolute Gasteiger partial charge is 0.111 e. The maximum absolute atomic E-state index is 5.30. The van der Waals surface area contributed by atoms with Crippen molar-refractivity contribution in [2.75, 3.05) is 13.7 Å². The van der Waals surface area contributed by atoms with Crippen LogP contribution in [-0.2, 0) is 11.3 Å². The highest BCUT2D eigenvalue weighted by Gasteiger charge is 2.26. The molecule has 1 unspecified atom stereocenters. The van der Waals surface area contributed by atoms with Crippen molar-refractivity contribution in [3.63, 3.8) is 0 Å². The Morgan fingerprint density at radius 3 is 2.69 bits per heavy atom. The van der Waals surface area contributed by atoms with Gasteiger partial charge in [-0.1, -0.05) is 30.3 Å². The van der Waals surface area contributed by atoms with Crippen LogP contribution in [0.1, 0.15) is 12.0 Å². The first-order valence-electron chi connectivity index (χ1n) is 4.71. The van der Waals surface area contributed by atoms with Gasteiger partial charge in [-0.15, -0.1) is 0 Å². The SMILES string of the molecule is COC1CCN1Cc1ccccc1. The Hall–Kier alpha value is -0.860. The van der Waals surface area contributed by atoms with Crippen molar-refractivity contribution in [2.24, 2.45) is 0 Å². The highest BCUT2D eigenvalue weighted by atomic mass is 16.5. The molecule has 0 aliphatic carbocycles. The van der Waals surface area contributed by atoms with Gasteiger partial charge in [0.05, 0.1) is 0 Å². The summed E-state index contributed by atoms with van der Waals surface area (Å²) < 4.78 is 5.30. The second kappa shape index (κ2) is 3.90. The first kappa shape index (κ1) is 8.73. The van der Waals surface area contributed by atoms with E-state index >= 15 is 0 Å². The molecule has 1 atom stereocenters. The predicted octanol–water partition coefficient (Wildman–Crippen LogP) is 1.86. The van der Waals surface area contributed by atoms with Crippen LogP contribution >= 0.6 is 0 Å². The number of nitrogens with zero attached hydrogens (tertiary/aromatic N) is 1. The van der Waals surface area contributed by atoms with Gasteiger partial charge in [0.25, 0.3) is 0 Å². The molecule has 13 heavy (non-hydrogen) atoms. The third-order valence-corrected chi connectivity index (χ3v) is 2.57. The van der Waals surface area contributed by atoms with E-state index in [1.54, 1.807) is 7.11 Å². The molecule has 0 aromatic heterocycles. The van der Waals surface area contributed by atoms with Crippen LogP contribution in [0.3, 0.4) is 0 Å². The Balaban J connectivity index is 1.92. The van der Waals surface area contributed by atoms with Crippen LogP contribution in [0.2, 0.25) is 0 Å². The maximum Gasteiger partial charge on any atom is 0.111 e. The van der Waals surface area contributed by atoms with Crippen molar-refractivity contribution < 1.29 is 4.74 Å². The zero-order valence-corrected chi connectivity index (χ0v) is 7.94. The number of hydrogen-bond acceptors (Lipinski definition) is 2. The topological polar surface area (TPSA) is 12.5 Å². The second-order valence-corrected chi connectivity index (χ2v) is 3.44. The van der Waals surface area contributed by atoms with Gasteiger partial charge in [-0.2, -0.15) is 0 Å². The fourth-order valence-electron chi connectivity index (χ4n) is 1.68. The molecule has 0 spiro atoms. The van der Waals surface area contributed by atoms with Gasteiger partial charge in [0, 0.05) is 20.2 Å². The molecule has 1 aromatic carbocycles. The molecule has 0 N–H and O–H groups in total. The van der Waals surface area contributed by atoms with Gasteiger partial charge in [-0.05, 0) is 12.0 Å². The minimum Gasteiger partial charge on any atom is -0.366 e. The number of ether oxygens (including phenoxy) is 1. The summed E-state index contributed by atoms with van der Waals surface area (Å²) in [6, 6.07) is 10.5. The maximum atomic E-state index is 5.30. The van der Waals surface area contributed by atoms with Gasteiger partial charge in [0.15, 0.2) is 0 Å². The molecule has 2 rings (SSSR count). The third-order valence-electron chi connectivity index (χ3n) is 2.57. The largest absolute Gasteiger partial charge is 0.366 e. The van der Waals surface area contributed by atoms with E-state index in [9.17, 15) is 0 Å². The molecule has 0 amide bonds. The quantitative estimate of drug-likeness (QED) is 0.698. The molecule has 0 saturated carbocycles. The lowest BCUT2D eigenvalue weighted by molar-refractivity contribution is -0.106. The average Bonchev–Trinajstić information content (AvgIpc) is 2.15. The van der Waals surface area contributed by atoms with E-state index < -0.39 is 0 Å². The normalized spacial score (nSPS) is 22.7. The number of likely N-dealkylation sites (tertiary alicyclic amines) is 1. The van der Waals surface area contributed by atoms with Gasteiger partial charge in [0.1, 0.15) is 6.23 Å². The van der Waals surface area contributed by atoms with E-state index in [2.05, 4.69) is 29.2 Å². The molecule has 2 nitrogen and oxygen atoms in total. The molecule has 0 bridgehead atoms. The minimum absolute atomic E-state index is 0.347. The number of hydrogen-bond donors (Lipinski definition) is 0. The van der Waals surface area contributed by atoms with E-state index in [4.69, 9.17) is 4.74 Å². The zero-order chi connectivity index (χ0) is 9.10. The lowest BCUT2D eigenvalue weighted by atomic mass is 10.1. The Labute approximate surface area is 79.1 Å². The third kappa shape index (κ3) is 1.90. The Kier molecular flexibility index (Phi) is 2.62. The fourth-order valence-corrected chi connectivity index (χ4v) is 1.68. The molecular formula is C11H15NO. The summed E-state index contributed by atoms with van der Waals surface area (Å²) in [4.78, 5) is 2.34. The highest BCUT2D eigenvalue weighted by molar-refractivity contribution is 5.14. The summed E-state index contributed by atoms with van der Waals surface area (Å²) in [5.74, 6) is 0. The summed E-state index contributed by atoms with van der Waals surface area (Å²) in [5.41, 5.74) is 1.37. The predicted molar refractivity (Wildman–Crippen MR) is 52.3 cm³/mol. The van der Waals surface area contributed by atoms with E-state index in [1.165, 1.54) is 12.0 Å². The number of rotatable bonds is 3. The Morgan fingerprint density at radius 2 is 2.15 bits per heavy atom.